The van der Waals surface area contributed by atoms with Crippen molar-refractivity contribution in [3.63, 3.8) is 0 Å². The van der Waals surface area contributed by atoms with Crippen LogP contribution in [0.15, 0.2) is 128 Å². The molecule has 4 atom stereocenters. The average Bonchev–Trinajstić information content (AvgIpc) is 4.05. The second-order valence-corrected chi connectivity index (χ2v) is 23.0. The minimum atomic E-state index is -0.918. The number of thioether (sulfide) groups is 2. The highest BCUT2D eigenvalue weighted by atomic mass is 35.5. The van der Waals surface area contributed by atoms with Gasteiger partial charge in [-0.05, 0) is 127 Å². The highest BCUT2D eigenvalue weighted by Gasteiger charge is 2.55. The second kappa shape index (κ2) is 25.9. The number of carbonyl (C=O) groups excluding carboxylic acids is 3. The smallest absolute Gasteiger partial charge is 0.344 e. The lowest BCUT2D eigenvalue weighted by Crippen LogP contribution is -2.39. The molecule has 3 amide bonds. The zero-order valence-corrected chi connectivity index (χ0v) is 47.7. The Labute approximate surface area is 472 Å². The Hall–Kier alpha value is -5.00. The van der Waals surface area contributed by atoms with E-state index < -0.39 is 17.0 Å². The lowest BCUT2D eigenvalue weighted by atomic mass is 9.81. The van der Waals surface area contributed by atoms with Gasteiger partial charge in [-0.15, -0.1) is 0 Å². The average molecular weight is 1140 g/mol. The van der Waals surface area contributed by atoms with Gasteiger partial charge in [0.25, 0.3) is 5.91 Å². The van der Waals surface area contributed by atoms with Crippen molar-refractivity contribution in [2.75, 3.05) is 55.4 Å². The van der Waals surface area contributed by atoms with Gasteiger partial charge in [0.15, 0.2) is 10.3 Å². The summed E-state index contributed by atoms with van der Waals surface area (Å²) in [4.78, 5) is 68.4. The number of halogens is 4. The number of amidine groups is 2. The molecule has 0 aliphatic carbocycles. The number of aliphatic imine (C=N–C) groups is 2. The molecule has 2 N–H and O–H groups in total. The van der Waals surface area contributed by atoms with E-state index in [2.05, 4.69) is 42.8 Å². The summed E-state index contributed by atoms with van der Waals surface area (Å²) in [5, 5.41) is 16.6. The Morgan fingerprint density at radius 2 is 0.933 bits per heavy atom. The normalized spacial score (nSPS) is 20.2. The first-order valence-corrected chi connectivity index (χ1v) is 26.7. The molecule has 4 aliphatic rings. The second-order valence-electron chi connectivity index (χ2n) is 19.3. The molecule has 0 saturated heterocycles. The van der Waals surface area contributed by atoms with Crippen molar-refractivity contribution >= 4 is 104 Å². The van der Waals surface area contributed by atoms with E-state index in [1.54, 1.807) is 47.2 Å². The van der Waals surface area contributed by atoms with E-state index in [4.69, 9.17) is 56.4 Å². The van der Waals surface area contributed by atoms with Crippen molar-refractivity contribution in [1.82, 2.24) is 29.8 Å². The lowest BCUT2D eigenvalue weighted by Gasteiger charge is -2.37. The molecule has 8 rings (SSSR count). The molecule has 0 saturated carbocycles. The number of carboxylic acid groups (broad SMARTS) is 1. The summed E-state index contributed by atoms with van der Waals surface area (Å²) < 4.78 is 0. The number of amides is 3. The number of nitrogens with one attached hydrogen (secondary N) is 1. The monoisotopic (exact) mass is 1140 g/mol. The molecule has 4 aromatic carbocycles. The fraction of sp³-hybridized carbons (Fsp3) is 0.393. The lowest BCUT2D eigenvalue weighted by molar-refractivity contribution is -0.135. The first-order chi connectivity index (χ1) is 34.3. The Bertz CT molecular complexity index is 2840. The number of carbonyl (C=O) groups is 4. The van der Waals surface area contributed by atoms with Gasteiger partial charge in [-0.3, -0.25) is 14.4 Å². The summed E-state index contributed by atoms with van der Waals surface area (Å²) in [7, 11) is 10.3. The number of fused-ring (bicyclic) bond motifs is 2. The number of likely N-dealkylation sites (N-methyl/N-ethyl adjacent to an activating group) is 4. The Morgan fingerprint density at radius 3 is 1.24 bits per heavy atom. The molecule has 0 bridgehead atoms. The van der Waals surface area contributed by atoms with Crippen molar-refractivity contribution < 1.29 is 24.3 Å². The summed E-state index contributed by atoms with van der Waals surface area (Å²) in [5.74, 6) is -1.05. The Kier molecular flexibility index (Phi) is 21.6. The van der Waals surface area contributed by atoms with Gasteiger partial charge in [0, 0.05) is 66.7 Å². The first-order valence-electron chi connectivity index (χ1n) is 23.5. The zero-order chi connectivity index (χ0) is 53.9. The molecule has 19 heteroatoms. The van der Waals surface area contributed by atoms with Crippen molar-refractivity contribution in [2.45, 2.75) is 79.6 Å². The van der Waals surface area contributed by atoms with Crippen molar-refractivity contribution in [1.29, 1.82) is 0 Å². The van der Waals surface area contributed by atoms with Crippen molar-refractivity contribution in [3.05, 3.63) is 161 Å². The molecule has 0 spiro atoms. The summed E-state index contributed by atoms with van der Waals surface area (Å²) >= 11 is 27.3. The minimum Gasteiger partial charge on any atom is -0.477 e. The van der Waals surface area contributed by atoms with E-state index in [0.717, 1.165) is 38.8 Å². The zero-order valence-electron chi connectivity index (χ0n) is 43.0. The number of nitrogens with zero attached hydrogens (tertiary/aromatic N) is 7. The van der Waals surface area contributed by atoms with Crippen LogP contribution in [0.3, 0.4) is 0 Å². The van der Waals surface area contributed by atoms with E-state index in [1.165, 1.54) is 33.3 Å². The standard InChI is InChI=1S/C27H30Cl2N4O2S.C22H20Cl2N2O2S.C5H12N2O.2CH4/c1-16(2)22-23(25(35)32(6)15-21(34)31(4)5)36-26-30-27(3,18-9-13-20(29)14-10-18)24(33(22)26)17-7-11-19(28)12-8-17;1-12(2)17-18(20(27)28)29-21-25-22(3,14-6-10-16(24)11-7-14)19(26(17)21)13-4-8-15(23)9-5-13;1-6-4-5(8)7(2)3;;/h7-14,16,24H,15H2,1-6H3;4-12,19H,1-3H3,(H,27,28);6H,4H2,1-3H3;2*1H4. The van der Waals surface area contributed by atoms with Crippen LogP contribution in [0.4, 0.5) is 0 Å². The fourth-order valence-corrected chi connectivity index (χ4v) is 12.2. The van der Waals surface area contributed by atoms with Crippen LogP contribution in [-0.4, -0.2) is 119 Å². The third-order valence-corrected chi connectivity index (χ3v) is 15.9. The number of aliphatic carboxylic acids is 1. The molecule has 0 aromatic heterocycles. The predicted octanol–water partition coefficient (Wildman–Crippen LogP) is 12.7. The minimum absolute atomic E-state index is 0. The van der Waals surface area contributed by atoms with E-state index in [1.807, 2.05) is 111 Å². The van der Waals surface area contributed by atoms with E-state index in [-0.39, 0.29) is 63.0 Å². The Morgan fingerprint density at radius 1 is 0.600 bits per heavy atom. The largest absolute Gasteiger partial charge is 0.477 e. The van der Waals surface area contributed by atoms with E-state index in [9.17, 15) is 24.3 Å². The van der Waals surface area contributed by atoms with E-state index >= 15 is 0 Å². The van der Waals surface area contributed by atoms with Gasteiger partial charge in [-0.2, -0.15) is 0 Å². The van der Waals surface area contributed by atoms with Gasteiger partial charge in [0.2, 0.25) is 11.8 Å². The van der Waals surface area contributed by atoms with Gasteiger partial charge in [-0.1, -0.05) is 137 Å². The molecule has 404 valence electrons. The number of hydrogen-bond acceptors (Lipinski definition) is 11. The van der Waals surface area contributed by atoms with Gasteiger partial charge in [0.1, 0.15) is 20.9 Å². The molecule has 0 fully saturated rings. The maximum absolute atomic E-state index is 13.6. The number of carboxylic acids is 1. The quantitative estimate of drug-likeness (QED) is 0.141. The molecule has 4 heterocycles. The molecule has 4 unspecified atom stereocenters. The van der Waals surface area contributed by atoms with Crippen LogP contribution in [0.1, 0.15) is 90.7 Å². The third-order valence-electron chi connectivity index (χ3n) is 12.8. The van der Waals surface area contributed by atoms with Crippen LogP contribution < -0.4 is 5.32 Å². The van der Waals surface area contributed by atoms with Crippen LogP contribution in [0.2, 0.25) is 20.1 Å². The molecule has 13 nitrogen and oxygen atoms in total. The van der Waals surface area contributed by atoms with Crippen LogP contribution in [0.25, 0.3) is 0 Å². The number of allylic oxidation sites excluding steroid dienone is 2. The molecular weight excluding hydrogens is 1070 g/mol. The fourth-order valence-electron chi connectivity index (χ4n) is 9.03. The number of rotatable bonds is 12. The van der Waals surface area contributed by atoms with Crippen molar-refractivity contribution in [2.24, 2.45) is 21.8 Å². The molecule has 4 aliphatic heterocycles. The summed E-state index contributed by atoms with van der Waals surface area (Å²) in [6.45, 7) is 12.8. The SMILES string of the molecule is C.C.CC(C)C1=C(C(=O)N(C)CC(=O)N(C)C)SC2=NC(C)(c3ccc(Cl)cc3)C(c3ccc(Cl)cc3)N21.CC(C)C1=C(C(=O)O)SC2=NC(C)(c3ccc(Cl)cc3)C(c3ccc(Cl)cc3)N21.CNCC(=O)N(C)C. The molecule has 4 aromatic rings. The number of benzene rings is 4. The highest BCUT2D eigenvalue weighted by molar-refractivity contribution is 8.18. The highest BCUT2D eigenvalue weighted by Crippen LogP contribution is 2.58. The maximum Gasteiger partial charge on any atom is 0.344 e. The topological polar surface area (TPSA) is 141 Å². The molecular formula is C56H70Cl4N8O5S2. The summed E-state index contributed by atoms with van der Waals surface area (Å²) in [6.07, 6.45) is 0. The first kappa shape index (κ1) is 62.5. The van der Waals surface area contributed by atoms with Crippen LogP contribution in [0, 0.1) is 11.8 Å². The predicted molar refractivity (Wildman–Crippen MR) is 314 cm³/mol. The summed E-state index contributed by atoms with van der Waals surface area (Å²) in [6, 6.07) is 30.6. The van der Waals surface area contributed by atoms with Gasteiger partial charge in [-0.25, -0.2) is 14.8 Å². The molecule has 0 radical (unpaired) electrons. The van der Waals surface area contributed by atoms with E-state index in [0.29, 0.717) is 41.6 Å². The third kappa shape index (κ3) is 13.4. The van der Waals surface area contributed by atoms with Crippen LogP contribution in [-0.2, 0) is 30.3 Å². The van der Waals surface area contributed by atoms with Gasteiger partial charge >= 0.3 is 5.97 Å². The number of hydrogen-bond donors (Lipinski definition) is 2. The van der Waals surface area contributed by atoms with Crippen LogP contribution in [0.5, 0.6) is 0 Å². The maximum atomic E-state index is 13.6. The van der Waals surface area contributed by atoms with Crippen molar-refractivity contribution in [3.8, 4) is 0 Å². The van der Waals surface area contributed by atoms with Gasteiger partial charge < -0.3 is 34.9 Å². The summed E-state index contributed by atoms with van der Waals surface area (Å²) in [5.41, 5.74) is 4.58. The van der Waals surface area contributed by atoms with Gasteiger partial charge in [0.05, 0.1) is 25.2 Å². The Balaban J connectivity index is 0.000000281. The van der Waals surface area contributed by atoms with Crippen LogP contribution >= 0.6 is 69.9 Å². The molecule has 75 heavy (non-hydrogen) atoms.